The summed E-state index contributed by atoms with van der Waals surface area (Å²) in [5.74, 6) is -1.15. The molecule has 0 N–H and O–H groups in total. The first kappa shape index (κ1) is 11.4. The van der Waals surface area contributed by atoms with E-state index in [-0.39, 0.29) is 11.3 Å². The Hall–Kier alpha value is -1.72. The van der Waals surface area contributed by atoms with Crippen molar-refractivity contribution in [2.45, 2.75) is 12.6 Å². The Morgan fingerprint density at radius 1 is 1.27 bits per heavy atom. The molecule has 0 aliphatic heterocycles. The van der Waals surface area contributed by atoms with Crippen molar-refractivity contribution in [1.29, 1.82) is 0 Å². The number of nitrogens with zero attached hydrogens (tertiary/aromatic N) is 1. The van der Waals surface area contributed by atoms with Crippen LogP contribution in [0.2, 0.25) is 0 Å². The largest absolute Gasteiger partial charge is 0.396 e. The number of benzene rings is 1. The zero-order chi connectivity index (χ0) is 11.5. The Labute approximate surface area is 82.9 Å². The molecule has 0 radical (unpaired) electrons. The maximum atomic E-state index is 11.9. The SMILES string of the molecule is O=Nc1ccccc1C(=O)CC(F)(F)F. The molecule has 1 aromatic rings. The van der Waals surface area contributed by atoms with Crippen molar-refractivity contribution in [3.63, 3.8) is 0 Å². The summed E-state index contributed by atoms with van der Waals surface area (Å²) in [7, 11) is 0. The zero-order valence-electron chi connectivity index (χ0n) is 7.41. The van der Waals surface area contributed by atoms with Crippen molar-refractivity contribution in [2.75, 3.05) is 0 Å². The van der Waals surface area contributed by atoms with E-state index in [9.17, 15) is 22.9 Å². The monoisotopic (exact) mass is 217 g/mol. The average Bonchev–Trinajstić information content (AvgIpc) is 2.15. The number of ketones is 1. The highest BCUT2D eigenvalue weighted by Gasteiger charge is 2.32. The van der Waals surface area contributed by atoms with Crippen LogP contribution in [-0.4, -0.2) is 12.0 Å². The molecule has 0 atom stereocenters. The number of rotatable bonds is 3. The molecule has 3 nitrogen and oxygen atoms in total. The van der Waals surface area contributed by atoms with Crippen LogP contribution in [0.1, 0.15) is 16.8 Å². The van der Waals surface area contributed by atoms with E-state index in [1.165, 1.54) is 18.2 Å². The minimum absolute atomic E-state index is 0.272. The molecular formula is C9H6F3NO2. The standard InChI is InChI=1S/C9H6F3NO2/c10-9(11,12)5-8(14)6-3-1-2-4-7(6)13-15/h1-4H,5H2. The van der Waals surface area contributed by atoms with E-state index in [0.29, 0.717) is 0 Å². The quantitative estimate of drug-likeness (QED) is 0.576. The van der Waals surface area contributed by atoms with E-state index >= 15 is 0 Å². The van der Waals surface area contributed by atoms with E-state index < -0.39 is 18.4 Å². The maximum Gasteiger partial charge on any atom is 0.396 e. The minimum atomic E-state index is -4.58. The van der Waals surface area contributed by atoms with E-state index in [1.54, 1.807) is 0 Å². The van der Waals surface area contributed by atoms with Gasteiger partial charge < -0.3 is 0 Å². The predicted octanol–water partition coefficient (Wildman–Crippen LogP) is 3.22. The van der Waals surface area contributed by atoms with Gasteiger partial charge in [-0.2, -0.15) is 13.2 Å². The fourth-order valence-corrected chi connectivity index (χ4v) is 1.07. The molecule has 0 fully saturated rings. The molecule has 0 bridgehead atoms. The van der Waals surface area contributed by atoms with Crippen LogP contribution < -0.4 is 0 Å². The van der Waals surface area contributed by atoms with Crippen molar-refractivity contribution in [3.05, 3.63) is 34.7 Å². The second-order valence-corrected chi connectivity index (χ2v) is 2.82. The Morgan fingerprint density at radius 2 is 1.87 bits per heavy atom. The van der Waals surface area contributed by atoms with Crippen LogP contribution in [0.4, 0.5) is 18.9 Å². The number of hydrogen-bond acceptors (Lipinski definition) is 3. The predicted molar refractivity (Wildman–Crippen MR) is 46.9 cm³/mol. The summed E-state index contributed by atoms with van der Waals surface area (Å²) in [6.45, 7) is 0. The number of alkyl halides is 3. The summed E-state index contributed by atoms with van der Waals surface area (Å²) in [6, 6.07) is 5.13. The molecule has 0 heterocycles. The van der Waals surface area contributed by atoms with E-state index in [4.69, 9.17) is 0 Å². The van der Waals surface area contributed by atoms with Crippen LogP contribution in [0.15, 0.2) is 29.4 Å². The first-order chi connectivity index (χ1) is 6.94. The van der Waals surface area contributed by atoms with Crippen LogP contribution in [0.3, 0.4) is 0 Å². The number of nitroso groups, excluding NO2 is 1. The van der Waals surface area contributed by atoms with Crippen LogP contribution in [0.25, 0.3) is 0 Å². The highest BCUT2D eigenvalue weighted by molar-refractivity contribution is 6.00. The van der Waals surface area contributed by atoms with Crippen molar-refractivity contribution in [2.24, 2.45) is 5.18 Å². The van der Waals surface area contributed by atoms with Gasteiger partial charge in [-0.1, -0.05) is 12.1 Å². The Balaban J connectivity index is 2.96. The molecule has 1 aromatic carbocycles. The molecule has 0 unspecified atom stereocenters. The fraction of sp³-hybridized carbons (Fsp3) is 0.222. The molecule has 0 aliphatic rings. The summed E-state index contributed by atoms with van der Waals surface area (Å²) in [5.41, 5.74) is -0.573. The number of Topliss-reactive ketones (excluding diaryl/α,β-unsaturated/α-hetero) is 1. The first-order valence-electron chi connectivity index (χ1n) is 3.96. The first-order valence-corrected chi connectivity index (χ1v) is 3.96. The summed E-state index contributed by atoms with van der Waals surface area (Å²) in [4.78, 5) is 21.3. The fourth-order valence-electron chi connectivity index (χ4n) is 1.07. The lowest BCUT2D eigenvalue weighted by Gasteiger charge is -2.05. The van der Waals surface area contributed by atoms with Crippen molar-refractivity contribution in [3.8, 4) is 0 Å². The van der Waals surface area contributed by atoms with Gasteiger partial charge >= 0.3 is 6.18 Å². The lowest BCUT2D eigenvalue weighted by atomic mass is 10.1. The van der Waals surface area contributed by atoms with Gasteiger partial charge in [-0.25, -0.2) is 0 Å². The lowest BCUT2D eigenvalue weighted by Crippen LogP contribution is -2.15. The minimum Gasteiger partial charge on any atom is -0.294 e. The maximum absolute atomic E-state index is 11.9. The molecule has 0 saturated heterocycles. The topological polar surface area (TPSA) is 46.5 Å². The summed E-state index contributed by atoms with van der Waals surface area (Å²) in [5, 5.41) is 2.48. The van der Waals surface area contributed by atoms with Crippen LogP contribution in [0, 0.1) is 4.91 Å². The lowest BCUT2D eigenvalue weighted by molar-refractivity contribution is -0.125. The molecular weight excluding hydrogens is 211 g/mol. The Kier molecular flexibility index (Phi) is 3.18. The molecule has 15 heavy (non-hydrogen) atoms. The summed E-state index contributed by atoms with van der Waals surface area (Å²) in [6.07, 6.45) is -6.16. The van der Waals surface area contributed by atoms with E-state index in [1.807, 2.05) is 0 Å². The van der Waals surface area contributed by atoms with Gasteiger partial charge in [0.15, 0.2) is 5.78 Å². The van der Waals surface area contributed by atoms with Gasteiger partial charge in [-0.3, -0.25) is 4.79 Å². The molecule has 0 aliphatic carbocycles. The molecule has 6 heteroatoms. The van der Waals surface area contributed by atoms with E-state index in [0.717, 1.165) is 6.07 Å². The van der Waals surface area contributed by atoms with Crippen LogP contribution in [0.5, 0.6) is 0 Å². The second-order valence-electron chi connectivity index (χ2n) is 2.82. The second kappa shape index (κ2) is 4.20. The number of hydrogen-bond donors (Lipinski definition) is 0. The molecule has 0 saturated carbocycles. The third-order valence-electron chi connectivity index (χ3n) is 1.66. The van der Waals surface area contributed by atoms with Crippen molar-refractivity contribution in [1.82, 2.24) is 0 Å². The van der Waals surface area contributed by atoms with Crippen LogP contribution in [-0.2, 0) is 0 Å². The van der Waals surface area contributed by atoms with Gasteiger partial charge in [0.2, 0.25) is 0 Å². The van der Waals surface area contributed by atoms with Gasteiger partial charge in [-0.15, -0.1) is 4.91 Å². The van der Waals surface area contributed by atoms with Gasteiger partial charge in [0.1, 0.15) is 12.1 Å². The number of halogens is 3. The smallest absolute Gasteiger partial charge is 0.294 e. The van der Waals surface area contributed by atoms with E-state index in [2.05, 4.69) is 5.18 Å². The average molecular weight is 217 g/mol. The van der Waals surface area contributed by atoms with Gasteiger partial charge in [0, 0.05) is 5.56 Å². The third-order valence-corrected chi connectivity index (χ3v) is 1.66. The number of carbonyl (C=O) groups is 1. The zero-order valence-corrected chi connectivity index (χ0v) is 7.41. The molecule has 80 valence electrons. The van der Waals surface area contributed by atoms with Gasteiger partial charge in [-0.05, 0) is 17.3 Å². The van der Waals surface area contributed by atoms with Gasteiger partial charge in [0.05, 0.1) is 0 Å². The highest BCUT2D eigenvalue weighted by Crippen LogP contribution is 2.26. The summed E-state index contributed by atoms with van der Waals surface area (Å²) >= 11 is 0. The highest BCUT2D eigenvalue weighted by atomic mass is 19.4. The molecule has 0 amide bonds. The van der Waals surface area contributed by atoms with Crippen molar-refractivity contribution >= 4 is 11.5 Å². The normalized spacial score (nSPS) is 11.1. The molecule has 1 rings (SSSR count). The van der Waals surface area contributed by atoms with Crippen molar-refractivity contribution < 1.29 is 18.0 Å². The Morgan fingerprint density at radius 3 is 2.40 bits per heavy atom. The van der Waals surface area contributed by atoms with Gasteiger partial charge in [0.25, 0.3) is 0 Å². The molecule has 0 spiro atoms. The third kappa shape index (κ3) is 3.16. The summed E-state index contributed by atoms with van der Waals surface area (Å²) < 4.78 is 35.7. The van der Waals surface area contributed by atoms with Crippen LogP contribution >= 0.6 is 0 Å². The Bertz CT molecular complexity index is 387. The molecule has 0 aromatic heterocycles. The number of carbonyl (C=O) groups excluding carboxylic acids is 1.